The van der Waals surface area contributed by atoms with Crippen LogP contribution in [0.5, 0.6) is 0 Å². The lowest BCUT2D eigenvalue weighted by molar-refractivity contribution is 0.107. The summed E-state index contributed by atoms with van der Waals surface area (Å²) in [5, 5.41) is 10.8. The first-order chi connectivity index (χ1) is 4.50. The molecular formula is C3Cl7O. The van der Waals surface area contributed by atoms with E-state index in [1.54, 1.807) is 0 Å². The van der Waals surface area contributed by atoms with E-state index in [0.29, 0.717) is 0 Å². The summed E-state index contributed by atoms with van der Waals surface area (Å²) in [5.74, 6) is 0. The molecule has 0 unspecified atom stereocenters. The Labute approximate surface area is 98.4 Å². The average Bonchev–Trinajstić information content (AvgIpc) is 1.58. The molecule has 0 saturated carbocycles. The van der Waals surface area contributed by atoms with E-state index < -0.39 is 12.6 Å². The molecule has 0 aliphatic rings. The van der Waals surface area contributed by atoms with Gasteiger partial charge in [-0.15, -0.1) is 0 Å². The Morgan fingerprint density at radius 3 is 1.00 bits per heavy atom. The van der Waals surface area contributed by atoms with Gasteiger partial charge in [0.25, 0.3) is 4.52 Å². The summed E-state index contributed by atoms with van der Waals surface area (Å²) in [6, 6.07) is 0. The zero-order valence-electron chi connectivity index (χ0n) is 4.55. The lowest BCUT2D eigenvalue weighted by Crippen LogP contribution is -2.45. The molecule has 0 aromatic carbocycles. The number of halogens is 7. The van der Waals surface area contributed by atoms with Crippen LogP contribution in [-0.4, -0.2) is 12.6 Å². The van der Waals surface area contributed by atoms with Crippen molar-refractivity contribution in [2.75, 3.05) is 0 Å². The van der Waals surface area contributed by atoms with Gasteiger partial charge < -0.3 is 0 Å². The van der Waals surface area contributed by atoms with Crippen molar-refractivity contribution >= 4 is 81.2 Å². The summed E-state index contributed by atoms with van der Waals surface area (Å²) in [6.07, 6.45) is 0. The lowest BCUT2D eigenvalue weighted by Gasteiger charge is -2.31. The smallest absolute Gasteiger partial charge is 0.190 e. The van der Waals surface area contributed by atoms with Crippen molar-refractivity contribution < 1.29 is 5.11 Å². The van der Waals surface area contributed by atoms with Crippen LogP contribution < -0.4 is 0 Å². The number of rotatable bonds is 1. The highest BCUT2D eigenvalue weighted by atomic mass is 35.6. The molecule has 0 atom stereocenters. The van der Waals surface area contributed by atoms with E-state index in [2.05, 4.69) is 0 Å². The maximum Gasteiger partial charge on any atom is 0.287 e. The standard InChI is InChI=1S/C3Cl7O/c4-1(5,2(6,7)8)3(9,10)11. The molecule has 1 nitrogen and oxygen atoms in total. The molecule has 0 aromatic heterocycles. The van der Waals surface area contributed by atoms with E-state index in [1.165, 1.54) is 0 Å². The molecule has 67 valence electrons. The predicted octanol–water partition coefficient (Wildman–Crippen LogP) is 4.09. The number of hydrogen-bond donors (Lipinski definition) is 0. The molecule has 0 saturated heterocycles. The number of alkyl halides is 7. The van der Waals surface area contributed by atoms with Crippen LogP contribution in [0.4, 0.5) is 0 Å². The highest BCUT2D eigenvalue weighted by Gasteiger charge is 2.60. The first-order valence-electron chi connectivity index (χ1n) is 2.03. The molecule has 8 heteroatoms. The Kier molecular flexibility index (Phi) is 4.28. The molecule has 0 aliphatic carbocycles. The van der Waals surface area contributed by atoms with Crippen molar-refractivity contribution in [1.29, 1.82) is 0 Å². The van der Waals surface area contributed by atoms with Crippen LogP contribution >= 0.6 is 81.2 Å². The lowest BCUT2D eigenvalue weighted by atomic mass is 10.5. The fraction of sp³-hybridized carbons (Fsp3) is 1.00. The van der Waals surface area contributed by atoms with E-state index in [1.807, 2.05) is 0 Å². The van der Waals surface area contributed by atoms with Gasteiger partial charge in [0.15, 0.2) is 0 Å². The van der Waals surface area contributed by atoms with Gasteiger partial charge in [-0.3, -0.25) is 0 Å². The van der Waals surface area contributed by atoms with E-state index in [0.717, 1.165) is 0 Å². The topological polar surface area (TPSA) is 19.9 Å². The van der Waals surface area contributed by atoms with Crippen LogP contribution in [0.1, 0.15) is 0 Å². The molecule has 0 amide bonds. The van der Waals surface area contributed by atoms with Gasteiger partial charge in [0, 0.05) is 0 Å². The molecule has 0 rings (SSSR count). The van der Waals surface area contributed by atoms with Crippen LogP contribution in [0, 0.1) is 0 Å². The maximum absolute atomic E-state index is 10.8. The van der Waals surface area contributed by atoms with Gasteiger partial charge in [0.1, 0.15) is 0 Å². The monoisotopic (exact) mass is 297 g/mol. The van der Waals surface area contributed by atoms with E-state index in [9.17, 15) is 5.11 Å². The third-order valence-corrected chi connectivity index (χ3v) is 4.21. The van der Waals surface area contributed by atoms with Gasteiger partial charge >= 0.3 is 0 Å². The van der Waals surface area contributed by atoms with Crippen molar-refractivity contribution in [3.05, 3.63) is 0 Å². The average molecular weight is 300 g/mol. The van der Waals surface area contributed by atoms with Gasteiger partial charge in [-0.2, -0.15) is 5.11 Å². The van der Waals surface area contributed by atoms with Crippen LogP contribution in [-0.2, 0) is 5.11 Å². The number of hydrogen-bond acceptors (Lipinski definition) is 0. The van der Waals surface area contributed by atoms with Gasteiger partial charge in [0.05, 0.1) is 0 Å². The quantitative estimate of drug-likeness (QED) is 0.650. The van der Waals surface area contributed by atoms with Crippen molar-refractivity contribution in [2.45, 2.75) is 12.6 Å². The summed E-state index contributed by atoms with van der Waals surface area (Å²) < 4.78 is -7.45. The second-order valence-corrected chi connectivity index (χ2v) is 6.46. The summed E-state index contributed by atoms with van der Waals surface area (Å²) in [6.45, 7) is 0. The molecular weight excluding hydrogens is 300 g/mol. The third kappa shape index (κ3) is 2.99. The van der Waals surface area contributed by atoms with Gasteiger partial charge in [-0.1, -0.05) is 81.2 Å². The van der Waals surface area contributed by atoms with Crippen molar-refractivity contribution in [3.8, 4) is 0 Å². The second kappa shape index (κ2) is 3.62. The summed E-state index contributed by atoms with van der Waals surface area (Å²) in [4.78, 5) is 0. The summed E-state index contributed by atoms with van der Waals surface area (Å²) in [7, 11) is 0. The van der Waals surface area contributed by atoms with E-state index in [-0.39, 0.29) is 0 Å². The third-order valence-electron chi connectivity index (χ3n) is 0.722. The minimum absolute atomic E-state index is 2.25. The molecule has 0 bridgehead atoms. The Hall–Kier alpha value is 1.99. The SMILES string of the molecule is [O]C(Cl)(Cl)C(Cl)(Cl)C(Cl)(Cl)Cl. The highest BCUT2D eigenvalue weighted by molar-refractivity contribution is 6.78. The normalized spacial score (nSPS) is 15.3. The van der Waals surface area contributed by atoms with E-state index >= 15 is 0 Å². The van der Waals surface area contributed by atoms with Crippen LogP contribution in [0.25, 0.3) is 0 Å². The van der Waals surface area contributed by atoms with Crippen molar-refractivity contribution in [1.82, 2.24) is 0 Å². The Morgan fingerprint density at radius 1 is 0.727 bits per heavy atom. The van der Waals surface area contributed by atoms with Gasteiger partial charge in [0.2, 0.25) is 8.13 Å². The van der Waals surface area contributed by atoms with E-state index in [4.69, 9.17) is 81.2 Å². The molecule has 1 radical (unpaired) electrons. The zero-order chi connectivity index (χ0) is 9.50. The zero-order valence-corrected chi connectivity index (χ0v) is 9.85. The van der Waals surface area contributed by atoms with Crippen LogP contribution in [0.3, 0.4) is 0 Å². The highest BCUT2D eigenvalue weighted by Crippen LogP contribution is 2.55. The predicted molar refractivity (Wildman–Crippen MR) is 49.9 cm³/mol. The largest absolute Gasteiger partial charge is 0.287 e. The van der Waals surface area contributed by atoms with Crippen molar-refractivity contribution in [2.24, 2.45) is 0 Å². The first kappa shape index (κ1) is 13.0. The Morgan fingerprint density at radius 2 is 1.00 bits per heavy atom. The van der Waals surface area contributed by atoms with Crippen LogP contribution in [0.2, 0.25) is 0 Å². The molecule has 0 heterocycles. The maximum atomic E-state index is 10.8. The van der Waals surface area contributed by atoms with Crippen LogP contribution in [0.15, 0.2) is 0 Å². The fourth-order valence-corrected chi connectivity index (χ4v) is 1.14. The summed E-state index contributed by atoms with van der Waals surface area (Å²) >= 11 is 36.2. The Bertz CT molecular complexity index is 125. The minimum Gasteiger partial charge on any atom is -0.190 e. The van der Waals surface area contributed by atoms with Gasteiger partial charge in [-0.25, -0.2) is 0 Å². The fourth-order valence-electron chi connectivity index (χ4n) is 0.165. The van der Waals surface area contributed by atoms with Crippen molar-refractivity contribution in [3.63, 3.8) is 0 Å². The summed E-state index contributed by atoms with van der Waals surface area (Å²) in [5.41, 5.74) is 0. The minimum atomic E-state index is -2.79. The molecule has 0 N–H and O–H groups in total. The molecule has 0 spiro atoms. The first-order valence-corrected chi connectivity index (χ1v) is 4.67. The second-order valence-electron chi connectivity index (χ2n) is 1.59. The molecule has 0 fully saturated rings. The molecule has 0 aliphatic heterocycles. The van der Waals surface area contributed by atoms with Gasteiger partial charge in [-0.05, 0) is 0 Å². The molecule has 0 aromatic rings. The Balaban J connectivity index is 4.75. The molecule has 11 heavy (non-hydrogen) atoms.